The summed E-state index contributed by atoms with van der Waals surface area (Å²) < 4.78 is 35.7. The lowest BCUT2D eigenvalue weighted by atomic mass is 10.3. The lowest BCUT2D eigenvalue weighted by molar-refractivity contribution is -0.138. The number of methoxy groups -OCH3 is 2. The third-order valence-corrected chi connectivity index (χ3v) is 4.63. The second kappa shape index (κ2) is 10.2. The normalized spacial score (nSPS) is 10.4. The van der Waals surface area contributed by atoms with Gasteiger partial charge in [-0.05, 0) is 24.3 Å². The molecule has 0 aliphatic carbocycles. The molecule has 3 rings (SSSR count). The molecule has 0 atom stereocenters. The molecule has 0 bridgehead atoms. The van der Waals surface area contributed by atoms with E-state index in [4.69, 9.17) is 37.4 Å². The number of halogens is 3. The van der Waals surface area contributed by atoms with Crippen molar-refractivity contribution in [2.45, 2.75) is 0 Å². The maximum absolute atomic E-state index is 14.2. The smallest absolute Gasteiger partial charge is 0.325 e. The van der Waals surface area contributed by atoms with Gasteiger partial charge in [-0.2, -0.15) is 9.37 Å². The van der Waals surface area contributed by atoms with Crippen LogP contribution < -0.4 is 19.5 Å². The van der Waals surface area contributed by atoms with Crippen LogP contribution in [-0.4, -0.2) is 31.7 Å². The lowest BCUT2D eigenvalue weighted by Gasteiger charge is -2.15. The van der Waals surface area contributed by atoms with Crippen LogP contribution in [0.4, 0.5) is 10.2 Å². The molecule has 31 heavy (non-hydrogen) atoms. The molecule has 0 saturated heterocycles. The van der Waals surface area contributed by atoms with Crippen molar-refractivity contribution in [1.82, 2.24) is 4.98 Å². The molecule has 0 amide bonds. The summed E-state index contributed by atoms with van der Waals surface area (Å²) in [6.07, 6.45) is 0. The van der Waals surface area contributed by atoms with Gasteiger partial charge in [-0.1, -0.05) is 41.4 Å². The van der Waals surface area contributed by atoms with Crippen molar-refractivity contribution in [3.8, 4) is 28.7 Å². The molecule has 1 aromatic heterocycles. The van der Waals surface area contributed by atoms with Crippen LogP contribution >= 0.6 is 23.2 Å². The zero-order chi connectivity index (χ0) is 22.4. The molecular weight excluding hydrogens is 450 g/mol. The molecule has 0 unspecified atom stereocenters. The van der Waals surface area contributed by atoms with E-state index in [-0.39, 0.29) is 28.9 Å². The first-order valence-corrected chi connectivity index (χ1v) is 9.62. The number of aromatic nitrogens is 1. The number of pyridine rings is 1. The molecule has 7 nitrogen and oxygen atoms in total. The Balaban J connectivity index is 1.91. The third-order valence-electron chi connectivity index (χ3n) is 3.95. The van der Waals surface area contributed by atoms with Crippen LogP contribution in [0.25, 0.3) is 0 Å². The van der Waals surface area contributed by atoms with Crippen molar-refractivity contribution in [3.63, 3.8) is 0 Å². The van der Waals surface area contributed by atoms with Gasteiger partial charge in [-0.25, -0.2) is 0 Å². The molecule has 0 radical (unpaired) electrons. The first-order valence-electron chi connectivity index (χ1n) is 8.87. The molecule has 1 N–H and O–H groups in total. The minimum atomic E-state index is -1.03. The summed E-state index contributed by atoms with van der Waals surface area (Å²) in [5, 5.41) is 2.04. The molecule has 162 valence electrons. The Kier molecular flexibility index (Phi) is 7.38. The summed E-state index contributed by atoms with van der Waals surface area (Å²) >= 11 is 12.3. The summed E-state index contributed by atoms with van der Waals surface area (Å²) in [6, 6.07) is 13.8. The first-order chi connectivity index (χ1) is 14.9. The number of anilines is 1. The maximum Gasteiger partial charge on any atom is 0.325 e. The number of carbonyl (C=O) groups excluding carboxylic acids is 1. The zero-order valence-electron chi connectivity index (χ0n) is 16.4. The number of rotatable bonds is 8. The number of nitrogens with zero attached hydrogens (tertiary/aromatic N) is 1. The first kappa shape index (κ1) is 22.5. The SMILES string of the molecule is COC(=O)CNc1nc(F)c(Cl)c(Oc2ccc(OC)c(Oc3ccccc3)c2)c1Cl. The second-order valence-electron chi connectivity index (χ2n) is 5.97. The number of carbonyl (C=O) groups is 1. The van der Waals surface area contributed by atoms with Crippen molar-refractivity contribution in [1.29, 1.82) is 0 Å². The van der Waals surface area contributed by atoms with Gasteiger partial charge in [0, 0.05) is 6.07 Å². The van der Waals surface area contributed by atoms with Crippen molar-refractivity contribution in [2.75, 3.05) is 26.1 Å². The Morgan fingerprint density at radius 2 is 1.74 bits per heavy atom. The van der Waals surface area contributed by atoms with Gasteiger partial charge < -0.3 is 24.3 Å². The largest absolute Gasteiger partial charge is 0.493 e. The third kappa shape index (κ3) is 5.48. The summed E-state index contributed by atoms with van der Waals surface area (Å²) in [7, 11) is 2.72. The minimum Gasteiger partial charge on any atom is -0.493 e. The van der Waals surface area contributed by atoms with E-state index in [1.54, 1.807) is 30.3 Å². The Bertz CT molecular complexity index is 1080. The van der Waals surface area contributed by atoms with Crippen LogP contribution in [0.15, 0.2) is 48.5 Å². The average molecular weight is 467 g/mol. The van der Waals surface area contributed by atoms with Crippen molar-refractivity contribution < 1.29 is 28.1 Å². The van der Waals surface area contributed by atoms with Gasteiger partial charge in [0.15, 0.2) is 23.1 Å². The van der Waals surface area contributed by atoms with Crippen LogP contribution in [0, 0.1) is 5.95 Å². The van der Waals surface area contributed by atoms with E-state index < -0.39 is 16.9 Å². The van der Waals surface area contributed by atoms with Gasteiger partial charge in [0.25, 0.3) is 0 Å². The Labute approximate surface area is 187 Å². The predicted octanol–water partition coefficient (Wildman–Crippen LogP) is 5.71. The van der Waals surface area contributed by atoms with Gasteiger partial charge in [0.05, 0.1) is 14.2 Å². The molecule has 0 fully saturated rings. The summed E-state index contributed by atoms with van der Waals surface area (Å²) in [5.74, 6) is -0.279. The van der Waals surface area contributed by atoms with Crippen LogP contribution in [-0.2, 0) is 9.53 Å². The molecule has 1 heterocycles. The quantitative estimate of drug-likeness (QED) is 0.336. The number of para-hydroxylation sites is 1. The van der Waals surface area contributed by atoms with Gasteiger partial charge in [0.2, 0.25) is 5.95 Å². The summed E-state index contributed by atoms with van der Waals surface area (Å²) in [4.78, 5) is 14.9. The highest BCUT2D eigenvalue weighted by atomic mass is 35.5. The highest BCUT2D eigenvalue weighted by Gasteiger charge is 2.21. The maximum atomic E-state index is 14.2. The average Bonchev–Trinajstić information content (AvgIpc) is 2.79. The van der Waals surface area contributed by atoms with E-state index >= 15 is 0 Å². The van der Waals surface area contributed by atoms with Crippen LogP contribution in [0.3, 0.4) is 0 Å². The van der Waals surface area contributed by atoms with Crippen LogP contribution in [0.5, 0.6) is 28.7 Å². The fraction of sp³-hybridized carbons (Fsp3) is 0.143. The molecule has 0 spiro atoms. The van der Waals surface area contributed by atoms with Crippen LogP contribution in [0.2, 0.25) is 10.0 Å². The number of hydrogen-bond donors (Lipinski definition) is 1. The summed E-state index contributed by atoms with van der Waals surface area (Å²) in [5.41, 5.74) is 0. The minimum absolute atomic E-state index is 0.114. The monoisotopic (exact) mass is 466 g/mol. The number of nitrogens with one attached hydrogen (secondary N) is 1. The topological polar surface area (TPSA) is 78.9 Å². The number of hydrogen-bond acceptors (Lipinski definition) is 7. The predicted molar refractivity (Wildman–Crippen MR) is 114 cm³/mol. The standard InChI is InChI=1S/C21H17Cl2FN2O5/c1-28-14-9-8-13(10-15(14)30-12-6-4-3-5-7-12)31-19-17(22)20(24)26-21(18(19)23)25-11-16(27)29-2/h3-10H,11H2,1-2H3,(H,25,26). The van der Waals surface area contributed by atoms with E-state index in [2.05, 4.69) is 15.0 Å². The van der Waals surface area contributed by atoms with E-state index in [1.165, 1.54) is 14.2 Å². The van der Waals surface area contributed by atoms with Crippen molar-refractivity contribution in [3.05, 3.63) is 64.5 Å². The van der Waals surface area contributed by atoms with Crippen LogP contribution in [0.1, 0.15) is 0 Å². The van der Waals surface area contributed by atoms with Gasteiger partial charge in [0.1, 0.15) is 28.1 Å². The Morgan fingerprint density at radius 1 is 1.00 bits per heavy atom. The van der Waals surface area contributed by atoms with Crippen molar-refractivity contribution in [2.24, 2.45) is 0 Å². The molecule has 0 aliphatic rings. The summed E-state index contributed by atoms with van der Waals surface area (Å²) in [6.45, 7) is -0.276. The highest BCUT2D eigenvalue weighted by molar-refractivity contribution is 6.38. The molecular formula is C21H17Cl2FN2O5. The molecule has 10 heteroatoms. The van der Waals surface area contributed by atoms with Gasteiger partial charge >= 0.3 is 5.97 Å². The lowest BCUT2D eigenvalue weighted by Crippen LogP contribution is -2.16. The molecule has 0 saturated carbocycles. The van der Waals surface area contributed by atoms with Gasteiger partial charge in [-0.3, -0.25) is 4.79 Å². The van der Waals surface area contributed by atoms with E-state index in [9.17, 15) is 9.18 Å². The van der Waals surface area contributed by atoms with Gasteiger partial charge in [-0.15, -0.1) is 0 Å². The van der Waals surface area contributed by atoms with Crippen molar-refractivity contribution >= 4 is 35.0 Å². The fourth-order valence-electron chi connectivity index (χ4n) is 2.46. The van der Waals surface area contributed by atoms with E-state index in [1.807, 2.05) is 18.2 Å². The highest BCUT2D eigenvalue weighted by Crippen LogP contribution is 2.43. The molecule has 3 aromatic rings. The fourth-order valence-corrected chi connectivity index (χ4v) is 2.93. The Morgan fingerprint density at radius 3 is 2.42 bits per heavy atom. The zero-order valence-corrected chi connectivity index (χ0v) is 18.0. The van der Waals surface area contributed by atoms with E-state index in [0.29, 0.717) is 17.2 Å². The molecule has 0 aliphatic heterocycles. The number of benzene rings is 2. The Hall–Kier alpha value is -3.23. The number of ether oxygens (including phenoxy) is 4. The van der Waals surface area contributed by atoms with E-state index in [0.717, 1.165) is 0 Å². The number of esters is 1. The second-order valence-corrected chi connectivity index (χ2v) is 6.72. The molecule has 2 aromatic carbocycles.